The quantitative estimate of drug-likeness (QED) is 0.742. The van der Waals surface area contributed by atoms with Gasteiger partial charge in [-0.05, 0) is 25.1 Å². The van der Waals surface area contributed by atoms with Crippen molar-refractivity contribution < 1.29 is 8.78 Å². The SMILES string of the molecule is Cc1cc(-c2cc(F)cc(F)c2)n[nH]1. The Labute approximate surface area is 79.6 Å². The normalized spacial score (nSPS) is 10.5. The minimum Gasteiger partial charge on any atom is -0.282 e. The molecule has 2 nitrogen and oxygen atoms in total. The number of aryl methyl sites for hydroxylation is 1. The Hall–Kier alpha value is -1.71. The lowest BCUT2D eigenvalue weighted by molar-refractivity contribution is 0.584. The molecule has 0 aliphatic rings. The van der Waals surface area contributed by atoms with Gasteiger partial charge in [-0.25, -0.2) is 8.78 Å². The van der Waals surface area contributed by atoms with Crippen molar-refractivity contribution in [2.24, 2.45) is 0 Å². The number of halogens is 2. The second-order valence-corrected chi connectivity index (χ2v) is 3.09. The van der Waals surface area contributed by atoms with Crippen LogP contribution in [-0.2, 0) is 0 Å². The topological polar surface area (TPSA) is 28.7 Å². The van der Waals surface area contributed by atoms with Crippen LogP contribution in [0, 0.1) is 18.6 Å². The largest absolute Gasteiger partial charge is 0.282 e. The highest BCUT2D eigenvalue weighted by molar-refractivity contribution is 5.59. The summed E-state index contributed by atoms with van der Waals surface area (Å²) in [7, 11) is 0. The first kappa shape index (κ1) is 8.87. The zero-order valence-electron chi connectivity index (χ0n) is 7.51. The van der Waals surface area contributed by atoms with Gasteiger partial charge >= 0.3 is 0 Å². The molecule has 0 saturated heterocycles. The highest BCUT2D eigenvalue weighted by atomic mass is 19.1. The molecule has 1 heterocycles. The molecule has 0 unspecified atom stereocenters. The van der Waals surface area contributed by atoms with E-state index in [4.69, 9.17) is 0 Å². The zero-order valence-corrected chi connectivity index (χ0v) is 7.51. The van der Waals surface area contributed by atoms with Gasteiger partial charge in [0, 0.05) is 17.3 Å². The maximum Gasteiger partial charge on any atom is 0.126 e. The summed E-state index contributed by atoms with van der Waals surface area (Å²) in [6.45, 7) is 1.83. The van der Waals surface area contributed by atoms with Gasteiger partial charge < -0.3 is 0 Å². The van der Waals surface area contributed by atoms with Crippen molar-refractivity contribution >= 4 is 0 Å². The van der Waals surface area contributed by atoms with Gasteiger partial charge in [-0.1, -0.05) is 0 Å². The number of aromatic amines is 1. The third kappa shape index (κ3) is 1.64. The van der Waals surface area contributed by atoms with E-state index in [-0.39, 0.29) is 0 Å². The van der Waals surface area contributed by atoms with Crippen LogP contribution < -0.4 is 0 Å². The molecule has 1 aromatic heterocycles. The van der Waals surface area contributed by atoms with E-state index in [0.717, 1.165) is 11.8 Å². The van der Waals surface area contributed by atoms with Gasteiger partial charge in [0.2, 0.25) is 0 Å². The molecule has 2 rings (SSSR count). The van der Waals surface area contributed by atoms with E-state index >= 15 is 0 Å². The lowest BCUT2D eigenvalue weighted by atomic mass is 10.1. The van der Waals surface area contributed by atoms with Crippen LogP contribution in [0.4, 0.5) is 8.78 Å². The van der Waals surface area contributed by atoms with E-state index in [1.807, 2.05) is 6.92 Å². The lowest BCUT2D eigenvalue weighted by Crippen LogP contribution is -1.84. The molecular formula is C10H8F2N2. The lowest BCUT2D eigenvalue weighted by Gasteiger charge is -1.96. The molecule has 0 fully saturated rings. The second kappa shape index (κ2) is 3.21. The summed E-state index contributed by atoms with van der Waals surface area (Å²) in [5.74, 6) is -1.19. The van der Waals surface area contributed by atoms with Crippen molar-refractivity contribution in [3.05, 3.63) is 41.6 Å². The molecule has 0 aliphatic heterocycles. The number of benzene rings is 1. The Balaban J connectivity index is 2.51. The van der Waals surface area contributed by atoms with Crippen LogP contribution in [0.5, 0.6) is 0 Å². The van der Waals surface area contributed by atoms with Gasteiger partial charge in [-0.3, -0.25) is 5.10 Å². The summed E-state index contributed by atoms with van der Waals surface area (Å²) in [5.41, 5.74) is 1.83. The van der Waals surface area contributed by atoms with Crippen LogP contribution in [0.3, 0.4) is 0 Å². The molecule has 0 spiro atoms. The summed E-state index contributed by atoms with van der Waals surface area (Å²) >= 11 is 0. The van der Waals surface area contributed by atoms with E-state index in [9.17, 15) is 8.78 Å². The number of nitrogens with zero attached hydrogens (tertiary/aromatic N) is 1. The van der Waals surface area contributed by atoms with Crippen LogP contribution in [-0.4, -0.2) is 10.2 Å². The Kier molecular flexibility index (Phi) is 2.04. The number of nitrogens with one attached hydrogen (secondary N) is 1. The molecule has 0 bridgehead atoms. The maximum absolute atomic E-state index is 12.8. The van der Waals surface area contributed by atoms with Gasteiger partial charge in [0.05, 0.1) is 5.69 Å². The predicted octanol–water partition coefficient (Wildman–Crippen LogP) is 2.66. The summed E-state index contributed by atoms with van der Waals surface area (Å²) in [6.07, 6.45) is 0. The fourth-order valence-corrected chi connectivity index (χ4v) is 1.27. The van der Waals surface area contributed by atoms with E-state index in [0.29, 0.717) is 11.3 Å². The molecule has 0 radical (unpaired) electrons. The summed E-state index contributed by atoms with van der Waals surface area (Å²) in [5, 5.41) is 6.62. The van der Waals surface area contributed by atoms with E-state index in [2.05, 4.69) is 10.2 Å². The Morgan fingerprint density at radius 1 is 1.07 bits per heavy atom. The van der Waals surface area contributed by atoms with E-state index in [1.54, 1.807) is 6.07 Å². The third-order valence-corrected chi connectivity index (χ3v) is 1.86. The summed E-state index contributed by atoms with van der Waals surface area (Å²) in [4.78, 5) is 0. The van der Waals surface area contributed by atoms with Crippen molar-refractivity contribution in [2.75, 3.05) is 0 Å². The molecule has 1 N–H and O–H groups in total. The highest BCUT2D eigenvalue weighted by Crippen LogP contribution is 2.19. The number of aromatic nitrogens is 2. The van der Waals surface area contributed by atoms with Crippen molar-refractivity contribution in [3.8, 4) is 11.3 Å². The fourth-order valence-electron chi connectivity index (χ4n) is 1.27. The number of rotatable bonds is 1. The second-order valence-electron chi connectivity index (χ2n) is 3.09. The van der Waals surface area contributed by atoms with Gasteiger partial charge in [0.15, 0.2) is 0 Å². The fraction of sp³-hybridized carbons (Fsp3) is 0.100. The van der Waals surface area contributed by atoms with Gasteiger partial charge in [-0.15, -0.1) is 0 Å². The predicted molar refractivity (Wildman–Crippen MR) is 48.7 cm³/mol. The zero-order chi connectivity index (χ0) is 10.1. The molecule has 0 amide bonds. The molecule has 2 aromatic rings. The Bertz CT molecular complexity index is 443. The van der Waals surface area contributed by atoms with Gasteiger partial charge in [0.25, 0.3) is 0 Å². The minimum atomic E-state index is -0.597. The van der Waals surface area contributed by atoms with Gasteiger partial charge in [-0.2, -0.15) is 5.10 Å². The first-order chi connectivity index (χ1) is 6.65. The Morgan fingerprint density at radius 2 is 1.71 bits per heavy atom. The highest BCUT2D eigenvalue weighted by Gasteiger charge is 2.05. The molecule has 72 valence electrons. The third-order valence-electron chi connectivity index (χ3n) is 1.86. The van der Waals surface area contributed by atoms with E-state index in [1.165, 1.54) is 12.1 Å². The molecule has 4 heteroatoms. The van der Waals surface area contributed by atoms with Crippen LogP contribution in [0.25, 0.3) is 11.3 Å². The maximum atomic E-state index is 12.8. The average Bonchev–Trinajstić information content (AvgIpc) is 2.50. The van der Waals surface area contributed by atoms with Crippen LogP contribution in [0.2, 0.25) is 0 Å². The van der Waals surface area contributed by atoms with Crippen molar-refractivity contribution in [1.82, 2.24) is 10.2 Å². The van der Waals surface area contributed by atoms with Crippen molar-refractivity contribution in [1.29, 1.82) is 0 Å². The summed E-state index contributed by atoms with van der Waals surface area (Å²) in [6, 6.07) is 5.06. The van der Waals surface area contributed by atoms with Crippen LogP contribution in [0.15, 0.2) is 24.3 Å². The van der Waals surface area contributed by atoms with Crippen molar-refractivity contribution in [3.63, 3.8) is 0 Å². The van der Waals surface area contributed by atoms with E-state index < -0.39 is 11.6 Å². The molecule has 14 heavy (non-hydrogen) atoms. The van der Waals surface area contributed by atoms with Gasteiger partial charge in [0.1, 0.15) is 11.6 Å². The number of H-pyrrole nitrogens is 1. The van der Waals surface area contributed by atoms with Crippen LogP contribution >= 0.6 is 0 Å². The minimum absolute atomic E-state index is 0.437. The Morgan fingerprint density at radius 3 is 2.21 bits per heavy atom. The number of hydrogen-bond acceptors (Lipinski definition) is 1. The first-order valence-electron chi connectivity index (χ1n) is 4.13. The first-order valence-corrected chi connectivity index (χ1v) is 4.13. The molecule has 0 aliphatic carbocycles. The average molecular weight is 194 g/mol. The molecule has 1 aromatic carbocycles. The smallest absolute Gasteiger partial charge is 0.126 e. The monoisotopic (exact) mass is 194 g/mol. The molecule has 0 atom stereocenters. The molecule has 0 saturated carbocycles. The standard InChI is InChI=1S/C10H8F2N2/c1-6-2-10(14-13-6)7-3-8(11)5-9(12)4-7/h2-5H,1H3,(H,13,14). The molecular weight excluding hydrogens is 186 g/mol. The number of hydrogen-bond donors (Lipinski definition) is 1. The van der Waals surface area contributed by atoms with Crippen LogP contribution in [0.1, 0.15) is 5.69 Å². The van der Waals surface area contributed by atoms with Crippen molar-refractivity contribution in [2.45, 2.75) is 6.92 Å². The summed E-state index contributed by atoms with van der Waals surface area (Å²) < 4.78 is 25.7.